The van der Waals surface area contributed by atoms with Gasteiger partial charge >= 0.3 is 0 Å². The van der Waals surface area contributed by atoms with Crippen molar-refractivity contribution >= 4 is 28.7 Å². The first-order chi connectivity index (χ1) is 9.90. The van der Waals surface area contributed by atoms with Crippen molar-refractivity contribution in [1.29, 1.82) is 0 Å². The number of thiophene rings is 1. The number of imidazole rings is 1. The predicted octanol–water partition coefficient (Wildman–Crippen LogP) is 3.80. The molecule has 3 heterocycles. The molecule has 0 atom stereocenters. The Bertz CT molecular complexity index is 714. The highest BCUT2D eigenvalue weighted by Crippen LogP contribution is 2.33. The molecule has 0 saturated heterocycles. The molecule has 0 unspecified atom stereocenters. The van der Waals surface area contributed by atoms with Gasteiger partial charge in [0.15, 0.2) is 0 Å². The minimum atomic E-state index is 0.712. The van der Waals surface area contributed by atoms with E-state index in [0.29, 0.717) is 6.04 Å². The van der Waals surface area contributed by atoms with Gasteiger partial charge in [-0.1, -0.05) is 23.9 Å². The summed E-state index contributed by atoms with van der Waals surface area (Å²) < 4.78 is 3.49. The molecule has 20 heavy (non-hydrogen) atoms. The first kappa shape index (κ1) is 12.4. The van der Waals surface area contributed by atoms with Crippen LogP contribution >= 0.6 is 23.1 Å². The SMILES string of the molecule is c1csc(Sc2nc3ccccn3c2CNC2CC2)c1. The van der Waals surface area contributed by atoms with Crippen LogP contribution in [0, 0.1) is 0 Å². The van der Waals surface area contributed by atoms with E-state index in [0.717, 1.165) is 17.2 Å². The van der Waals surface area contributed by atoms with Crippen molar-refractivity contribution in [2.24, 2.45) is 0 Å². The maximum absolute atomic E-state index is 4.78. The van der Waals surface area contributed by atoms with Crippen LogP contribution in [-0.4, -0.2) is 15.4 Å². The zero-order valence-electron chi connectivity index (χ0n) is 11.0. The van der Waals surface area contributed by atoms with Crippen molar-refractivity contribution in [3.05, 3.63) is 47.6 Å². The Balaban J connectivity index is 1.70. The van der Waals surface area contributed by atoms with E-state index >= 15 is 0 Å². The number of fused-ring (bicyclic) bond motifs is 1. The van der Waals surface area contributed by atoms with E-state index in [2.05, 4.69) is 45.6 Å². The van der Waals surface area contributed by atoms with Gasteiger partial charge in [0.25, 0.3) is 0 Å². The lowest BCUT2D eigenvalue weighted by Crippen LogP contribution is -2.17. The summed E-state index contributed by atoms with van der Waals surface area (Å²) >= 11 is 3.53. The number of nitrogens with zero attached hydrogens (tertiary/aromatic N) is 2. The van der Waals surface area contributed by atoms with Crippen molar-refractivity contribution in [3.63, 3.8) is 0 Å². The van der Waals surface area contributed by atoms with Crippen molar-refractivity contribution in [2.45, 2.75) is 34.7 Å². The topological polar surface area (TPSA) is 29.3 Å². The number of hydrogen-bond acceptors (Lipinski definition) is 4. The maximum atomic E-state index is 4.78. The van der Waals surface area contributed by atoms with Crippen LogP contribution in [0.5, 0.6) is 0 Å². The minimum Gasteiger partial charge on any atom is -0.308 e. The summed E-state index contributed by atoms with van der Waals surface area (Å²) in [5.74, 6) is 0. The van der Waals surface area contributed by atoms with Gasteiger partial charge in [0, 0.05) is 18.8 Å². The fourth-order valence-electron chi connectivity index (χ4n) is 2.21. The fraction of sp³-hybridized carbons (Fsp3) is 0.267. The van der Waals surface area contributed by atoms with E-state index in [1.807, 2.05) is 6.07 Å². The number of pyridine rings is 1. The van der Waals surface area contributed by atoms with Gasteiger partial charge in [-0.3, -0.25) is 0 Å². The van der Waals surface area contributed by atoms with Gasteiger partial charge in [-0.05, 0) is 36.4 Å². The third-order valence-electron chi connectivity index (χ3n) is 3.42. The Morgan fingerprint density at radius 3 is 3.05 bits per heavy atom. The molecule has 1 aliphatic rings. The van der Waals surface area contributed by atoms with Crippen LogP contribution in [0.15, 0.2) is 51.1 Å². The lowest BCUT2D eigenvalue weighted by Gasteiger charge is -2.05. The van der Waals surface area contributed by atoms with E-state index in [4.69, 9.17) is 4.98 Å². The molecular formula is C15H15N3S2. The summed E-state index contributed by atoms with van der Waals surface area (Å²) in [5.41, 5.74) is 2.30. The predicted molar refractivity (Wildman–Crippen MR) is 83.5 cm³/mol. The van der Waals surface area contributed by atoms with E-state index in [1.54, 1.807) is 23.1 Å². The summed E-state index contributed by atoms with van der Waals surface area (Å²) in [4.78, 5) is 4.78. The summed E-state index contributed by atoms with van der Waals surface area (Å²) in [5, 5.41) is 6.83. The van der Waals surface area contributed by atoms with Gasteiger partial charge in [-0.2, -0.15) is 0 Å². The molecule has 1 N–H and O–H groups in total. The van der Waals surface area contributed by atoms with E-state index in [9.17, 15) is 0 Å². The molecule has 4 rings (SSSR count). The Hall–Kier alpha value is -1.30. The summed E-state index contributed by atoms with van der Waals surface area (Å²) in [6, 6.07) is 11.1. The van der Waals surface area contributed by atoms with E-state index < -0.39 is 0 Å². The molecule has 0 spiro atoms. The normalized spacial score (nSPS) is 15.0. The minimum absolute atomic E-state index is 0.712. The Morgan fingerprint density at radius 1 is 1.30 bits per heavy atom. The van der Waals surface area contributed by atoms with Crippen molar-refractivity contribution in [2.75, 3.05) is 0 Å². The van der Waals surface area contributed by atoms with Gasteiger partial charge in [0.05, 0.1) is 9.90 Å². The molecule has 1 saturated carbocycles. The molecule has 102 valence electrons. The third-order valence-corrected chi connectivity index (χ3v) is 5.48. The highest BCUT2D eigenvalue weighted by atomic mass is 32.2. The highest BCUT2D eigenvalue weighted by Gasteiger charge is 2.22. The first-order valence-electron chi connectivity index (χ1n) is 6.81. The molecule has 3 nitrogen and oxygen atoms in total. The molecule has 1 fully saturated rings. The second-order valence-electron chi connectivity index (χ2n) is 4.98. The van der Waals surface area contributed by atoms with E-state index in [1.165, 1.54) is 22.7 Å². The van der Waals surface area contributed by atoms with Crippen LogP contribution in [0.1, 0.15) is 18.5 Å². The summed E-state index contributed by atoms with van der Waals surface area (Å²) in [6.07, 6.45) is 4.72. The van der Waals surface area contributed by atoms with Crippen molar-refractivity contribution in [1.82, 2.24) is 14.7 Å². The van der Waals surface area contributed by atoms with Gasteiger partial charge in [0.2, 0.25) is 0 Å². The monoisotopic (exact) mass is 301 g/mol. The first-order valence-corrected chi connectivity index (χ1v) is 8.50. The van der Waals surface area contributed by atoms with Gasteiger partial charge < -0.3 is 9.72 Å². The Morgan fingerprint density at radius 2 is 2.25 bits per heavy atom. The van der Waals surface area contributed by atoms with Crippen LogP contribution in [-0.2, 0) is 6.54 Å². The zero-order chi connectivity index (χ0) is 13.4. The number of aromatic nitrogens is 2. The second-order valence-corrected chi connectivity index (χ2v) is 7.22. The van der Waals surface area contributed by atoms with E-state index in [-0.39, 0.29) is 0 Å². The molecule has 3 aromatic rings. The molecule has 0 radical (unpaired) electrons. The smallest absolute Gasteiger partial charge is 0.138 e. The second kappa shape index (κ2) is 5.24. The molecule has 0 aromatic carbocycles. The molecule has 1 aliphatic carbocycles. The number of hydrogen-bond donors (Lipinski definition) is 1. The molecule has 3 aromatic heterocycles. The quantitative estimate of drug-likeness (QED) is 0.777. The molecular weight excluding hydrogens is 286 g/mol. The van der Waals surface area contributed by atoms with Crippen LogP contribution in [0.2, 0.25) is 0 Å². The van der Waals surface area contributed by atoms with Gasteiger partial charge in [-0.25, -0.2) is 4.98 Å². The molecule has 0 aliphatic heterocycles. The molecule has 0 bridgehead atoms. The average Bonchev–Trinajstić information content (AvgIpc) is 3.03. The third kappa shape index (κ3) is 2.49. The van der Waals surface area contributed by atoms with Crippen LogP contribution < -0.4 is 5.32 Å². The number of rotatable bonds is 5. The van der Waals surface area contributed by atoms with Crippen LogP contribution in [0.25, 0.3) is 5.65 Å². The van der Waals surface area contributed by atoms with Crippen molar-refractivity contribution in [3.8, 4) is 0 Å². The van der Waals surface area contributed by atoms with Gasteiger partial charge in [0.1, 0.15) is 10.7 Å². The lowest BCUT2D eigenvalue weighted by atomic mass is 10.4. The fourth-order valence-corrected chi connectivity index (χ4v) is 4.02. The maximum Gasteiger partial charge on any atom is 0.138 e. The standard InChI is InChI=1S/C15H15N3S2/c1-2-8-18-12(10-16-11-6-7-11)15(17-13(18)4-1)20-14-5-3-9-19-14/h1-5,8-9,11,16H,6-7,10H2. The summed E-state index contributed by atoms with van der Waals surface area (Å²) in [7, 11) is 0. The Labute approximate surface area is 126 Å². The number of nitrogens with one attached hydrogen (secondary N) is 1. The van der Waals surface area contributed by atoms with Crippen LogP contribution in [0.3, 0.4) is 0 Å². The Kier molecular flexibility index (Phi) is 3.26. The summed E-state index contributed by atoms with van der Waals surface area (Å²) in [6.45, 7) is 0.892. The molecule has 0 amide bonds. The highest BCUT2D eigenvalue weighted by molar-refractivity contribution is 8.01. The lowest BCUT2D eigenvalue weighted by molar-refractivity contribution is 0.661. The van der Waals surface area contributed by atoms with Crippen molar-refractivity contribution < 1.29 is 0 Å². The van der Waals surface area contributed by atoms with Gasteiger partial charge in [-0.15, -0.1) is 11.3 Å². The zero-order valence-corrected chi connectivity index (χ0v) is 12.6. The van der Waals surface area contributed by atoms with Crippen LogP contribution in [0.4, 0.5) is 0 Å². The largest absolute Gasteiger partial charge is 0.308 e. The molecule has 5 heteroatoms. The average molecular weight is 301 g/mol.